The number of carbonyl (C=O) groups is 1. The van der Waals surface area contributed by atoms with Gasteiger partial charge in [0.15, 0.2) is 0 Å². The van der Waals surface area contributed by atoms with E-state index in [1.807, 2.05) is 18.2 Å². The molecular formula is C13H18Br2N2O. The summed E-state index contributed by atoms with van der Waals surface area (Å²) in [7, 11) is 0. The fourth-order valence-corrected chi connectivity index (χ4v) is 2.15. The Morgan fingerprint density at radius 3 is 2.72 bits per heavy atom. The lowest BCUT2D eigenvalue weighted by molar-refractivity contribution is -0.116. The third-order valence-corrected chi connectivity index (χ3v) is 3.52. The zero-order valence-corrected chi connectivity index (χ0v) is 13.8. The molecule has 18 heavy (non-hydrogen) atoms. The van der Waals surface area contributed by atoms with Crippen molar-refractivity contribution in [1.82, 2.24) is 5.32 Å². The fourth-order valence-electron chi connectivity index (χ4n) is 1.45. The summed E-state index contributed by atoms with van der Waals surface area (Å²) < 4.78 is 1.84. The molecule has 1 aromatic carbocycles. The second-order valence-corrected chi connectivity index (χ2v) is 6.15. The topological polar surface area (TPSA) is 41.1 Å². The first-order valence-corrected chi connectivity index (χ1v) is 7.56. The summed E-state index contributed by atoms with van der Waals surface area (Å²) in [6, 6.07) is 6.17. The molecule has 0 aliphatic carbocycles. The van der Waals surface area contributed by atoms with Gasteiger partial charge in [-0.05, 0) is 47.1 Å². The first-order chi connectivity index (χ1) is 8.49. The molecule has 0 aliphatic heterocycles. The number of anilines is 1. The number of hydrogen-bond donors (Lipinski definition) is 2. The third-order valence-electron chi connectivity index (χ3n) is 2.34. The van der Waals surface area contributed by atoms with Crippen molar-refractivity contribution in [2.45, 2.75) is 32.7 Å². The predicted octanol–water partition coefficient (Wildman–Crippen LogP) is 3.93. The maximum atomic E-state index is 11.7. The fraction of sp³-hybridized carbons (Fsp3) is 0.462. The largest absolute Gasteiger partial charge is 0.325 e. The maximum Gasteiger partial charge on any atom is 0.224 e. The molecule has 1 rings (SSSR count). The van der Waals surface area contributed by atoms with Gasteiger partial charge in [-0.15, -0.1) is 0 Å². The Kier molecular flexibility index (Phi) is 6.89. The average molecular weight is 378 g/mol. The van der Waals surface area contributed by atoms with Crippen molar-refractivity contribution < 1.29 is 4.79 Å². The SMILES string of the molecule is CC(C)NCCCC(=O)Nc1cc(Br)ccc1Br. The summed E-state index contributed by atoms with van der Waals surface area (Å²) in [5, 5.41) is 6.18. The highest BCUT2D eigenvalue weighted by molar-refractivity contribution is 9.11. The lowest BCUT2D eigenvalue weighted by Gasteiger charge is -2.09. The van der Waals surface area contributed by atoms with Gasteiger partial charge in [0.05, 0.1) is 5.69 Å². The van der Waals surface area contributed by atoms with Crippen LogP contribution in [-0.2, 0) is 4.79 Å². The first kappa shape index (κ1) is 15.7. The highest BCUT2D eigenvalue weighted by atomic mass is 79.9. The van der Waals surface area contributed by atoms with Crippen LogP contribution in [0.25, 0.3) is 0 Å². The van der Waals surface area contributed by atoms with E-state index in [0.717, 1.165) is 27.6 Å². The summed E-state index contributed by atoms with van der Waals surface area (Å²) in [5.74, 6) is 0.0411. The number of benzene rings is 1. The molecule has 1 amide bonds. The lowest BCUT2D eigenvalue weighted by Crippen LogP contribution is -2.24. The van der Waals surface area contributed by atoms with Crippen molar-refractivity contribution in [2.75, 3.05) is 11.9 Å². The smallest absolute Gasteiger partial charge is 0.224 e. The second-order valence-electron chi connectivity index (χ2n) is 4.38. The Balaban J connectivity index is 2.38. The summed E-state index contributed by atoms with van der Waals surface area (Å²) >= 11 is 6.80. The van der Waals surface area contributed by atoms with Crippen molar-refractivity contribution in [3.63, 3.8) is 0 Å². The van der Waals surface area contributed by atoms with Gasteiger partial charge in [0, 0.05) is 21.4 Å². The van der Waals surface area contributed by atoms with Crippen LogP contribution >= 0.6 is 31.9 Å². The zero-order valence-electron chi connectivity index (χ0n) is 10.6. The molecule has 0 saturated heterocycles. The molecule has 3 nitrogen and oxygen atoms in total. The number of amides is 1. The monoisotopic (exact) mass is 376 g/mol. The van der Waals surface area contributed by atoms with Crippen LogP contribution in [0.3, 0.4) is 0 Å². The molecule has 0 radical (unpaired) electrons. The van der Waals surface area contributed by atoms with Gasteiger partial charge < -0.3 is 10.6 Å². The Morgan fingerprint density at radius 2 is 2.06 bits per heavy atom. The van der Waals surface area contributed by atoms with E-state index in [-0.39, 0.29) is 5.91 Å². The molecule has 0 fully saturated rings. The molecule has 0 aromatic heterocycles. The van der Waals surface area contributed by atoms with Crippen molar-refractivity contribution in [1.29, 1.82) is 0 Å². The van der Waals surface area contributed by atoms with E-state index in [1.54, 1.807) is 0 Å². The molecule has 0 heterocycles. The third kappa shape index (κ3) is 5.98. The van der Waals surface area contributed by atoms with E-state index in [1.165, 1.54) is 0 Å². The van der Waals surface area contributed by atoms with Gasteiger partial charge in [-0.3, -0.25) is 4.79 Å². The Bertz CT molecular complexity index is 408. The van der Waals surface area contributed by atoms with Crippen molar-refractivity contribution in [3.05, 3.63) is 27.1 Å². The number of rotatable bonds is 6. The minimum absolute atomic E-state index is 0.0411. The Hall–Kier alpha value is -0.390. The van der Waals surface area contributed by atoms with Gasteiger partial charge in [-0.25, -0.2) is 0 Å². The van der Waals surface area contributed by atoms with E-state index in [4.69, 9.17) is 0 Å². The van der Waals surface area contributed by atoms with Crippen LogP contribution in [0.2, 0.25) is 0 Å². The van der Waals surface area contributed by atoms with Gasteiger partial charge in [0.25, 0.3) is 0 Å². The highest BCUT2D eigenvalue weighted by Crippen LogP contribution is 2.26. The normalized spacial score (nSPS) is 10.7. The van der Waals surface area contributed by atoms with Crippen LogP contribution in [0, 0.1) is 0 Å². The summed E-state index contributed by atoms with van der Waals surface area (Å²) in [6.45, 7) is 5.06. The number of carbonyl (C=O) groups excluding carboxylic acids is 1. The molecular weight excluding hydrogens is 360 g/mol. The zero-order chi connectivity index (χ0) is 13.5. The van der Waals surface area contributed by atoms with E-state index in [2.05, 4.69) is 56.3 Å². The standard InChI is InChI=1S/C13H18Br2N2O/c1-9(2)16-7-3-4-13(18)17-12-8-10(14)5-6-11(12)15/h5-6,8-9,16H,3-4,7H2,1-2H3,(H,17,18). The summed E-state index contributed by atoms with van der Waals surface area (Å²) in [6.07, 6.45) is 1.37. The molecule has 0 bridgehead atoms. The van der Waals surface area contributed by atoms with Crippen LogP contribution in [0.4, 0.5) is 5.69 Å². The van der Waals surface area contributed by atoms with E-state index >= 15 is 0 Å². The number of hydrogen-bond acceptors (Lipinski definition) is 2. The van der Waals surface area contributed by atoms with Gasteiger partial charge in [-0.2, -0.15) is 0 Å². The van der Waals surface area contributed by atoms with Gasteiger partial charge in [0.2, 0.25) is 5.91 Å². The molecule has 5 heteroatoms. The van der Waals surface area contributed by atoms with Crippen molar-refractivity contribution in [2.24, 2.45) is 0 Å². The maximum absolute atomic E-state index is 11.7. The van der Waals surface area contributed by atoms with Gasteiger partial charge >= 0.3 is 0 Å². The molecule has 100 valence electrons. The Morgan fingerprint density at radius 1 is 1.33 bits per heavy atom. The molecule has 1 aromatic rings. The quantitative estimate of drug-likeness (QED) is 0.737. The van der Waals surface area contributed by atoms with E-state index in [0.29, 0.717) is 12.5 Å². The minimum Gasteiger partial charge on any atom is -0.325 e. The van der Waals surface area contributed by atoms with Crippen LogP contribution < -0.4 is 10.6 Å². The molecule has 0 aliphatic rings. The summed E-state index contributed by atoms with van der Waals surface area (Å²) in [5.41, 5.74) is 0.797. The van der Waals surface area contributed by atoms with Crippen molar-refractivity contribution >= 4 is 43.5 Å². The number of nitrogens with one attached hydrogen (secondary N) is 2. The molecule has 0 saturated carbocycles. The second kappa shape index (κ2) is 7.92. The first-order valence-electron chi connectivity index (χ1n) is 5.97. The number of halogens is 2. The molecule has 2 N–H and O–H groups in total. The van der Waals surface area contributed by atoms with Gasteiger partial charge in [-0.1, -0.05) is 29.8 Å². The van der Waals surface area contributed by atoms with Crippen molar-refractivity contribution in [3.8, 4) is 0 Å². The van der Waals surface area contributed by atoms with E-state index in [9.17, 15) is 4.79 Å². The molecule has 0 unspecified atom stereocenters. The molecule has 0 atom stereocenters. The minimum atomic E-state index is 0.0411. The predicted molar refractivity (Wildman–Crippen MR) is 82.8 cm³/mol. The van der Waals surface area contributed by atoms with Crippen LogP contribution in [0.15, 0.2) is 27.1 Å². The average Bonchev–Trinajstić information content (AvgIpc) is 2.29. The van der Waals surface area contributed by atoms with Crippen LogP contribution in [-0.4, -0.2) is 18.5 Å². The van der Waals surface area contributed by atoms with E-state index < -0.39 is 0 Å². The Labute approximate surface area is 125 Å². The summed E-state index contributed by atoms with van der Waals surface area (Å²) in [4.78, 5) is 11.7. The highest BCUT2D eigenvalue weighted by Gasteiger charge is 2.06. The van der Waals surface area contributed by atoms with Crippen LogP contribution in [0.1, 0.15) is 26.7 Å². The lowest BCUT2D eigenvalue weighted by atomic mass is 10.2. The molecule has 0 spiro atoms. The van der Waals surface area contributed by atoms with Crippen LogP contribution in [0.5, 0.6) is 0 Å². The van der Waals surface area contributed by atoms with Gasteiger partial charge in [0.1, 0.15) is 0 Å².